The van der Waals surface area contributed by atoms with Gasteiger partial charge in [0.15, 0.2) is 0 Å². The first-order valence-electron chi connectivity index (χ1n) is 27.0. The van der Waals surface area contributed by atoms with Gasteiger partial charge >= 0.3 is 5.97 Å². The van der Waals surface area contributed by atoms with Crippen LogP contribution in [0.3, 0.4) is 0 Å². The first kappa shape index (κ1) is 61.8. The van der Waals surface area contributed by atoms with Gasteiger partial charge in [0.05, 0.1) is 25.2 Å². The molecule has 0 bridgehead atoms. The molecule has 0 fully saturated rings. The lowest BCUT2D eigenvalue weighted by Crippen LogP contribution is -2.46. The molecule has 0 aliphatic rings. The second kappa shape index (κ2) is 51.8. The van der Waals surface area contributed by atoms with Crippen molar-refractivity contribution in [3.63, 3.8) is 0 Å². The van der Waals surface area contributed by atoms with Gasteiger partial charge in [0.25, 0.3) is 0 Å². The molecule has 0 radical (unpaired) electrons. The van der Waals surface area contributed by atoms with E-state index in [2.05, 4.69) is 74.7 Å². The van der Waals surface area contributed by atoms with E-state index in [4.69, 9.17) is 4.74 Å². The Labute approximate surface area is 401 Å². The van der Waals surface area contributed by atoms with Crippen LogP contribution < -0.4 is 5.32 Å². The highest BCUT2D eigenvalue weighted by atomic mass is 16.5. The quantitative estimate of drug-likeness (QED) is 0.0245. The Morgan fingerprint density at radius 1 is 0.477 bits per heavy atom. The van der Waals surface area contributed by atoms with E-state index in [-0.39, 0.29) is 24.9 Å². The Hall–Kier alpha value is -3.22. The summed E-state index contributed by atoms with van der Waals surface area (Å²) in [5.74, 6) is -0.536. The molecule has 3 atom stereocenters. The number of allylic oxidation sites excluding steroid dienone is 16. The lowest BCUT2D eigenvalue weighted by Gasteiger charge is -2.24. The molecule has 0 spiro atoms. The summed E-state index contributed by atoms with van der Waals surface area (Å²) in [6.07, 6.45) is 68.9. The van der Waals surface area contributed by atoms with Crippen molar-refractivity contribution in [2.75, 3.05) is 6.61 Å². The minimum atomic E-state index is -0.803. The number of unbranched alkanes of at least 4 members (excludes halogenated alkanes) is 24. The highest BCUT2D eigenvalue weighted by Gasteiger charge is 2.24. The van der Waals surface area contributed by atoms with E-state index < -0.39 is 18.2 Å². The summed E-state index contributed by atoms with van der Waals surface area (Å²) in [6.45, 7) is 6.30. The number of hydrogen-bond donors (Lipinski definition) is 3. The monoisotopic (exact) mass is 904 g/mol. The first-order valence-corrected chi connectivity index (χ1v) is 27.0. The van der Waals surface area contributed by atoms with Crippen LogP contribution in [0.5, 0.6) is 0 Å². The Morgan fingerprint density at radius 3 is 1.42 bits per heavy atom. The number of carbonyl (C=O) groups excluding carboxylic acids is 2. The molecule has 6 heteroatoms. The van der Waals surface area contributed by atoms with Gasteiger partial charge in [-0.15, -0.1) is 0 Å². The largest absolute Gasteiger partial charge is 0.462 e. The molecule has 0 saturated heterocycles. The van der Waals surface area contributed by atoms with Crippen LogP contribution >= 0.6 is 0 Å². The second-order valence-corrected chi connectivity index (χ2v) is 18.0. The topological polar surface area (TPSA) is 95.9 Å². The number of nitrogens with one attached hydrogen (secondary N) is 1. The molecule has 3 N–H and O–H groups in total. The van der Waals surface area contributed by atoms with E-state index in [1.807, 2.05) is 48.6 Å². The van der Waals surface area contributed by atoms with Gasteiger partial charge < -0.3 is 20.3 Å². The van der Waals surface area contributed by atoms with E-state index in [0.29, 0.717) is 19.3 Å². The number of ether oxygens (including phenoxy) is 1. The van der Waals surface area contributed by atoms with E-state index >= 15 is 0 Å². The highest BCUT2D eigenvalue weighted by molar-refractivity contribution is 5.77. The molecule has 0 rings (SSSR count). The van der Waals surface area contributed by atoms with Crippen LogP contribution in [0.25, 0.3) is 0 Å². The lowest BCUT2D eigenvalue weighted by molar-refractivity contribution is -0.151. The fourth-order valence-corrected chi connectivity index (χ4v) is 7.73. The summed E-state index contributed by atoms with van der Waals surface area (Å²) in [5.41, 5.74) is 0. The van der Waals surface area contributed by atoms with Crippen molar-refractivity contribution in [1.29, 1.82) is 0 Å². The molecule has 0 aliphatic carbocycles. The molecule has 0 aromatic heterocycles. The predicted molar refractivity (Wildman–Crippen MR) is 282 cm³/mol. The van der Waals surface area contributed by atoms with Gasteiger partial charge in [-0.05, 0) is 77.0 Å². The number of amides is 1. The van der Waals surface area contributed by atoms with Gasteiger partial charge in [0.1, 0.15) is 6.10 Å². The number of esters is 1. The normalized spacial score (nSPS) is 14.0. The third-order valence-corrected chi connectivity index (χ3v) is 11.8. The maximum Gasteiger partial charge on any atom is 0.306 e. The summed E-state index contributed by atoms with van der Waals surface area (Å²) in [6, 6.07) is -0.719. The van der Waals surface area contributed by atoms with Crippen molar-refractivity contribution in [2.24, 2.45) is 0 Å². The molecule has 0 saturated carbocycles. The second-order valence-electron chi connectivity index (χ2n) is 18.0. The fraction of sp³-hybridized carbons (Fsp3) is 0.695. The van der Waals surface area contributed by atoms with Crippen molar-refractivity contribution in [3.05, 3.63) is 97.2 Å². The molecule has 0 aromatic rings. The van der Waals surface area contributed by atoms with Gasteiger partial charge in [0, 0.05) is 6.42 Å². The van der Waals surface area contributed by atoms with Crippen LogP contribution in [0.1, 0.15) is 239 Å². The summed E-state index contributed by atoms with van der Waals surface area (Å²) in [7, 11) is 0. The number of hydrogen-bond acceptors (Lipinski definition) is 5. The van der Waals surface area contributed by atoms with Crippen LogP contribution in [0.15, 0.2) is 97.2 Å². The lowest BCUT2D eigenvalue weighted by atomic mass is 10.0. The SMILES string of the molecule is CC\C=C/C=C/C=C/C=C\C=C\C=C\CCCCCC(=O)OC(CCCCCCCCC/C=C\C/C=C\CCCCC)CC(=O)NC(CO)C(O)CCCCCCCCCCCCCC. The van der Waals surface area contributed by atoms with E-state index in [9.17, 15) is 19.8 Å². The molecule has 3 unspecified atom stereocenters. The van der Waals surface area contributed by atoms with E-state index in [0.717, 1.165) is 83.5 Å². The number of aliphatic hydroxyl groups is 2. The zero-order valence-electron chi connectivity index (χ0n) is 42.3. The Kier molecular flexibility index (Phi) is 49.2. The zero-order chi connectivity index (χ0) is 47.4. The standard InChI is InChI=1S/C59H101NO5/c1-4-7-10-13-16-19-22-25-27-29-31-33-35-38-41-44-47-50-55(65-59(64)52-49-46-43-40-37-34-32-30-28-26-23-20-17-14-11-8-5-2)53-58(63)60-56(54-61)57(62)51-48-45-42-39-36-24-21-18-15-12-9-6-3/h8,11,14,16-17,19-20,23,25-28,30,32,34,37,55-57,61-62H,4-7,9-10,12-13,15,18,21-22,24,29,31,33,35-36,38-54H2,1-3H3,(H,60,63)/b11-8-,17-14+,19-16-,23-20+,27-25-,28-26-,32-30+,37-34+. The van der Waals surface area contributed by atoms with Crippen molar-refractivity contribution >= 4 is 11.9 Å². The fourth-order valence-electron chi connectivity index (χ4n) is 7.73. The predicted octanol–water partition coefficient (Wildman–Crippen LogP) is 16.5. The molecule has 0 aliphatic heterocycles. The highest BCUT2D eigenvalue weighted by Crippen LogP contribution is 2.18. The zero-order valence-corrected chi connectivity index (χ0v) is 42.3. The molecular formula is C59H101NO5. The first-order chi connectivity index (χ1) is 32.0. The maximum absolute atomic E-state index is 13.2. The average molecular weight is 904 g/mol. The number of aliphatic hydroxyl groups excluding tert-OH is 2. The van der Waals surface area contributed by atoms with Crippen molar-refractivity contribution in [1.82, 2.24) is 5.32 Å². The summed E-state index contributed by atoms with van der Waals surface area (Å²) in [5, 5.41) is 23.8. The van der Waals surface area contributed by atoms with Crippen LogP contribution in [0.2, 0.25) is 0 Å². The van der Waals surface area contributed by atoms with Gasteiger partial charge in [-0.2, -0.15) is 0 Å². The molecular weight excluding hydrogens is 803 g/mol. The molecule has 0 heterocycles. The van der Waals surface area contributed by atoms with Crippen molar-refractivity contribution < 1.29 is 24.5 Å². The van der Waals surface area contributed by atoms with Crippen molar-refractivity contribution in [2.45, 2.75) is 257 Å². The molecule has 372 valence electrons. The Morgan fingerprint density at radius 2 is 0.892 bits per heavy atom. The van der Waals surface area contributed by atoms with Crippen LogP contribution in [0, 0.1) is 0 Å². The third kappa shape index (κ3) is 47.1. The van der Waals surface area contributed by atoms with Gasteiger partial charge in [-0.25, -0.2) is 0 Å². The smallest absolute Gasteiger partial charge is 0.306 e. The summed E-state index contributed by atoms with van der Waals surface area (Å²) < 4.78 is 5.93. The molecule has 1 amide bonds. The number of rotatable bonds is 47. The summed E-state index contributed by atoms with van der Waals surface area (Å²) >= 11 is 0. The minimum absolute atomic E-state index is 0.0488. The summed E-state index contributed by atoms with van der Waals surface area (Å²) in [4.78, 5) is 26.2. The van der Waals surface area contributed by atoms with E-state index in [1.54, 1.807) is 0 Å². The number of carbonyl (C=O) groups is 2. The maximum atomic E-state index is 13.2. The van der Waals surface area contributed by atoms with E-state index in [1.165, 1.54) is 109 Å². The average Bonchev–Trinajstić information content (AvgIpc) is 3.30. The van der Waals surface area contributed by atoms with Crippen molar-refractivity contribution in [3.8, 4) is 0 Å². The minimum Gasteiger partial charge on any atom is -0.462 e. The van der Waals surface area contributed by atoms with Crippen LogP contribution in [-0.2, 0) is 14.3 Å². The Bertz CT molecular complexity index is 1290. The molecule has 6 nitrogen and oxygen atoms in total. The molecule has 0 aromatic carbocycles. The van der Waals surface area contributed by atoms with Gasteiger partial charge in [-0.3, -0.25) is 9.59 Å². The van der Waals surface area contributed by atoms with Gasteiger partial charge in [0.2, 0.25) is 5.91 Å². The Balaban J connectivity index is 4.71. The molecule has 65 heavy (non-hydrogen) atoms. The third-order valence-electron chi connectivity index (χ3n) is 11.8. The van der Waals surface area contributed by atoms with Crippen LogP contribution in [0.4, 0.5) is 0 Å². The van der Waals surface area contributed by atoms with Gasteiger partial charge in [-0.1, -0.05) is 246 Å². The van der Waals surface area contributed by atoms with Crippen LogP contribution in [-0.4, -0.2) is 46.9 Å².